The van der Waals surface area contributed by atoms with Crippen LogP contribution in [0.1, 0.15) is 10.4 Å². The molecule has 0 bridgehead atoms. The van der Waals surface area contributed by atoms with Crippen LogP contribution in [0.2, 0.25) is 0 Å². The van der Waals surface area contributed by atoms with Crippen LogP contribution < -0.4 is 25.3 Å². The van der Waals surface area contributed by atoms with Crippen molar-refractivity contribution in [2.45, 2.75) is 6.04 Å². The Balaban J connectivity index is 1.72. The second-order valence-corrected chi connectivity index (χ2v) is 7.63. The maximum Gasteiger partial charge on any atom is 0.255 e. The first-order chi connectivity index (χ1) is 14.9. The van der Waals surface area contributed by atoms with Crippen LogP contribution in [0, 0.1) is 0 Å². The number of nitrogens with zero attached hydrogens (tertiary/aromatic N) is 1. The van der Waals surface area contributed by atoms with Gasteiger partial charge in [-0.05, 0) is 42.5 Å². The third kappa shape index (κ3) is 5.40. The summed E-state index contributed by atoms with van der Waals surface area (Å²) in [7, 11) is 3.00. The van der Waals surface area contributed by atoms with Gasteiger partial charge >= 0.3 is 0 Å². The Hall–Kier alpha value is -3.40. The van der Waals surface area contributed by atoms with E-state index in [2.05, 4.69) is 5.32 Å². The molecule has 9 nitrogen and oxygen atoms in total. The van der Waals surface area contributed by atoms with E-state index in [0.29, 0.717) is 34.4 Å². The fraction of sp³-hybridized carbons (Fsp3) is 0.286. The van der Waals surface area contributed by atoms with Gasteiger partial charge in [-0.1, -0.05) is 0 Å². The van der Waals surface area contributed by atoms with Crippen molar-refractivity contribution in [2.75, 3.05) is 37.8 Å². The minimum atomic E-state index is -0.623. The predicted molar refractivity (Wildman–Crippen MR) is 117 cm³/mol. The lowest BCUT2D eigenvalue weighted by molar-refractivity contribution is -0.120. The van der Waals surface area contributed by atoms with Crippen molar-refractivity contribution in [1.29, 1.82) is 0 Å². The Kier molecular flexibility index (Phi) is 7.24. The maximum absolute atomic E-state index is 13.1. The lowest BCUT2D eigenvalue weighted by atomic mass is 10.1. The average molecular weight is 445 g/mol. The number of primary amides is 1. The van der Waals surface area contributed by atoms with E-state index in [4.69, 9.17) is 19.9 Å². The summed E-state index contributed by atoms with van der Waals surface area (Å²) in [6.07, 6.45) is 0. The molecule has 1 aliphatic rings. The van der Waals surface area contributed by atoms with Crippen molar-refractivity contribution in [2.24, 2.45) is 5.73 Å². The zero-order valence-corrected chi connectivity index (χ0v) is 17.9. The molecule has 2 aromatic rings. The Morgan fingerprint density at radius 3 is 2.48 bits per heavy atom. The van der Waals surface area contributed by atoms with Crippen molar-refractivity contribution in [1.82, 2.24) is 4.90 Å². The van der Waals surface area contributed by atoms with Gasteiger partial charge in [-0.3, -0.25) is 14.4 Å². The van der Waals surface area contributed by atoms with E-state index in [-0.39, 0.29) is 24.2 Å². The molecule has 0 aromatic heterocycles. The van der Waals surface area contributed by atoms with Crippen LogP contribution in [0.15, 0.2) is 42.5 Å². The van der Waals surface area contributed by atoms with Crippen LogP contribution in [0.25, 0.3) is 0 Å². The molecule has 1 fully saturated rings. The Labute approximate surface area is 183 Å². The van der Waals surface area contributed by atoms with Gasteiger partial charge in [0.15, 0.2) is 18.1 Å². The summed E-state index contributed by atoms with van der Waals surface area (Å²) in [5.74, 6) is 0.953. The van der Waals surface area contributed by atoms with E-state index < -0.39 is 11.9 Å². The number of benzene rings is 2. The van der Waals surface area contributed by atoms with Crippen LogP contribution in [-0.2, 0) is 9.59 Å². The molecule has 1 atom stereocenters. The molecule has 10 heteroatoms. The minimum absolute atomic E-state index is 0.267. The maximum atomic E-state index is 13.1. The zero-order valence-electron chi connectivity index (χ0n) is 17.1. The van der Waals surface area contributed by atoms with Crippen LogP contribution in [0.3, 0.4) is 0 Å². The molecule has 3 amide bonds. The Morgan fingerprint density at radius 2 is 1.84 bits per heavy atom. The third-order valence-corrected chi connectivity index (χ3v) is 5.60. The van der Waals surface area contributed by atoms with Crippen LogP contribution in [0.4, 0.5) is 5.69 Å². The molecule has 1 saturated heterocycles. The molecule has 0 saturated carbocycles. The van der Waals surface area contributed by atoms with E-state index >= 15 is 0 Å². The van der Waals surface area contributed by atoms with Gasteiger partial charge in [-0.2, -0.15) is 0 Å². The summed E-state index contributed by atoms with van der Waals surface area (Å²) in [4.78, 5) is 38.3. The molecule has 0 aliphatic carbocycles. The number of rotatable bonds is 8. The van der Waals surface area contributed by atoms with Gasteiger partial charge in [-0.25, -0.2) is 0 Å². The largest absolute Gasteiger partial charge is 0.497 e. The number of nitrogens with one attached hydrogen (secondary N) is 1. The fourth-order valence-corrected chi connectivity index (χ4v) is 4.15. The highest BCUT2D eigenvalue weighted by atomic mass is 32.2. The number of ether oxygens (including phenoxy) is 3. The predicted octanol–water partition coefficient (Wildman–Crippen LogP) is 1.72. The lowest BCUT2D eigenvalue weighted by Crippen LogP contribution is -2.44. The van der Waals surface area contributed by atoms with Crippen molar-refractivity contribution in [3.63, 3.8) is 0 Å². The number of carbonyl (C=O) groups is 3. The summed E-state index contributed by atoms with van der Waals surface area (Å²) in [6.45, 7) is -0.306. The molecule has 3 N–H and O–H groups in total. The average Bonchev–Trinajstić information content (AvgIpc) is 3.27. The second-order valence-electron chi connectivity index (χ2n) is 6.63. The van der Waals surface area contributed by atoms with Crippen LogP contribution in [0.5, 0.6) is 17.2 Å². The quantitative estimate of drug-likeness (QED) is 0.635. The monoisotopic (exact) mass is 445 g/mol. The number of carbonyl (C=O) groups excluding carboxylic acids is 3. The van der Waals surface area contributed by atoms with Gasteiger partial charge in [0.1, 0.15) is 11.8 Å². The van der Waals surface area contributed by atoms with Gasteiger partial charge in [0.25, 0.3) is 11.8 Å². The SMILES string of the molecule is COc1ccc(NC(=O)C2CSCN2C(=O)c2ccc(OCC(N)=O)c(OC)c2)cc1. The van der Waals surface area contributed by atoms with Gasteiger partial charge in [0.2, 0.25) is 5.91 Å². The summed E-state index contributed by atoms with van der Waals surface area (Å²) < 4.78 is 15.7. The van der Waals surface area contributed by atoms with E-state index in [0.717, 1.165) is 0 Å². The smallest absolute Gasteiger partial charge is 0.255 e. The Morgan fingerprint density at radius 1 is 1.10 bits per heavy atom. The van der Waals surface area contributed by atoms with Crippen LogP contribution in [-0.4, -0.2) is 61.1 Å². The molecule has 1 unspecified atom stereocenters. The van der Waals surface area contributed by atoms with E-state index in [1.54, 1.807) is 37.4 Å². The zero-order chi connectivity index (χ0) is 22.4. The van der Waals surface area contributed by atoms with Crippen molar-refractivity contribution in [3.05, 3.63) is 48.0 Å². The first kappa shape index (κ1) is 22.3. The normalized spacial score (nSPS) is 15.3. The summed E-state index contributed by atoms with van der Waals surface area (Å²) in [5.41, 5.74) is 6.05. The lowest BCUT2D eigenvalue weighted by Gasteiger charge is -2.23. The first-order valence-electron chi connectivity index (χ1n) is 9.35. The molecule has 3 rings (SSSR count). The fourth-order valence-electron chi connectivity index (χ4n) is 2.99. The molecule has 31 heavy (non-hydrogen) atoms. The third-order valence-electron chi connectivity index (χ3n) is 4.58. The summed E-state index contributed by atoms with van der Waals surface area (Å²) >= 11 is 1.50. The van der Waals surface area contributed by atoms with Gasteiger partial charge in [-0.15, -0.1) is 11.8 Å². The molecular formula is C21H23N3O6S. The van der Waals surface area contributed by atoms with Crippen molar-refractivity contribution in [3.8, 4) is 17.2 Å². The Bertz CT molecular complexity index is 966. The molecule has 0 spiro atoms. The number of hydrogen-bond donors (Lipinski definition) is 2. The standard InChI is InChI=1S/C21H23N3O6S/c1-28-15-6-4-14(5-7-15)23-20(26)16-11-31-12-24(16)21(27)13-3-8-17(18(9-13)29-2)30-10-19(22)25/h3-9,16H,10-12H2,1-2H3,(H2,22,25)(H,23,26). The van der Waals surface area contributed by atoms with Gasteiger partial charge < -0.3 is 30.2 Å². The number of nitrogens with two attached hydrogens (primary N) is 1. The topological polar surface area (TPSA) is 120 Å². The molecule has 164 valence electrons. The number of thioether (sulfide) groups is 1. The summed E-state index contributed by atoms with van der Waals surface area (Å²) in [5, 5.41) is 2.84. The highest BCUT2D eigenvalue weighted by Crippen LogP contribution is 2.30. The molecule has 2 aromatic carbocycles. The van der Waals surface area contributed by atoms with Crippen molar-refractivity contribution < 1.29 is 28.6 Å². The molecule has 1 aliphatic heterocycles. The highest BCUT2D eigenvalue weighted by Gasteiger charge is 2.35. The number of anilines is 1. The first-order valence-corrected chi connectivity index (χ1v) is 10.5. The van der Waals surface area contributed by atoms with Gasteiger partial charge in [0, 0.05) is 17.0 Å². The highest BCUT2D eigenvalue weighted by molar-refractivity contribution is 7.99. The van der Waals surface area contributed by atoms with Crippen molar-refractivity contribution >= 4 is 35.2 Å². The van der Waals surface area contributed by atoms with E-state index in [1.807, 2.05) is 0 Å². The van der Waals surface area contributed by atoms with Crippen LogP contribution >= 0.6 is 11.8 Å². The van der Waals surface area contributed by atoms with E-state index in [1.165, 1.54) is 35.9 Å². The van der Waals surface area contributed by atoms with Gasteiger partial charge in [0.05, 0.1) is 20.1 Å². The molecule has 0 radical (unpaired) electrons. The van der Waals surface area contributed by atoms with E-state index in [9.17, 15) is 14.4 Å². The summed E-state index contributed by atoms with van der Waals surface area (Å²) in [6, 6.07) is 11.0. The minimum Gasteiger partial charge on any atom is -0.497 e. The molecular weight excluding hydrogens is 422 g/mol. The molecule has 1 heterocycles. The second kappa shape index (κ2) is 10.1. The number of hydrogen-bond acceptors (Lipinski definition) is 7. The number of methoxy groups -OCH3 is 2. The number of amides is 3.